The number of halogens is 3. The van der Waals surface area contributed by atoms with E-state index in [-0.39, 0.29) is 24.6 Å². The summed E-state index contributed by atoms with van der Waals surface area (Å²) in [4.78, 5) is 30.0. The van der Waals surface area contributed by atoms with Crippen LogP contribution in [0.25, 0.3) is 0 Å². The van der Waals surface area contributed by atoms with E-state index in [2.05, 4.69) is 20.9 Å². The molecular formula is C34H46F3N5O7. The molecule has 3 amide bonds. The molecule has 0 saturated heterocycles. The minimum atomic E-state index is -4.56. The summed E-state index contributed by atoms with van der Waals surface area (Å²) in [5.74, 6) is -0.111. The third-order valence-electron chi connectivity index (χ3n) is 9.51. The number of anilines is 2. The van der Waals surface area contributed by atoms with Crippen LogP contribution in [0.5, 0.6) is 0 Å². The number of alkyl halides is 3. The fourth-order valence-corrected chi connectivity index (χ4v) is 6.30. The summed E-state index contributed by atoms with van der Waals surface area (Å²) >= 11 is 0. The summed E-state index contributed by atoms with van der Waals surface area (Å²) in [6.07, 6.45) is -6.55. The van der Waals surface area contributed by atoms with Crippen LogP contribution in [0.2, 0.25) is 0 Å². The first-order valence-corrected chi connectivity index (χ1v) is 16.8. The number of amides is 3. The Morgan fingerprint density at radius 3 is 2.27 bits per heavy atom. The van der Waals surface area contributed by atoms with Gasteiger partial charge in [0.1, 0.15) is 18.3 Å². The minimum Gasteiger partial charge on any atom is -0.394 e. The fraction of sp³-hybridized carbons (Fsp3) is 0.588. The number of carbonyl (C=O) groups excluding carboxylic acids is 2. The van der Waals surface area contributed by atoms with Gasteiger partial charge in [-0.1, -0.05) is 24.3 Å². The highest BCUT2D eigenvalue weighted by Crippen LogP contribution is 2.44. The predicted molar refractivity (Wildman–Crippen MR) is 175 cm³/mol. The van der Waals surface area contributed by atoms with Crippen LogP contribution in [0, 0.1) is 0 Å². The van der Waals surface area contributed by atoms with Crippen LogP contribution in [-0.4, -0.2) is 106 Å². The molecule has 12 nitrogen and oxygen atoms in total. The molecule has 0 bridgehead atoms. The Kier molecular flexibility index (Phi) is 11.7. The molecule has 2 aromatic rings. The topological polar surface area (TPSA) is 178 Å². The van der Waals surface area contributed by atoms with Crippen LogP contribution in [0.4, 0.5) is 29.3 Å². The lowest BCUT2D eigenvalue weighted by Crippen LogP contribution is -2.53. The van der Waals surface area contributed by atoms with Crippen molar-refractivity contribution in [1.82, 2.24) is 16.0 Å². The molecule has 1 aliphatic heterocycles. The predicted octanol–water partition coefficient (Wildman–Crippen LogP) is 1.40. The SMILES string of the molecule is O=C(NCCCCc1ccc(C(F)(F)F)c(CNC2(C(=O)N3CCN(C4CC4)c4ccccc43)CC2)c1)NC[C@H](O)[C@@H](O)[C@H](O)[C@H](O)CO. The molecular weight excluding hydrogens is 647 g/mol. The summed E-state index contributed by atoms with van der Waals surface area (Å²) in [7, 11) is 0. The van der Waals surface area contributed by atoms with Crippen LogP contribution in [0.1, 0.15) is 55.2 Å². The number of nitrogens with zero attached hydrogens (tertiary/aromatic N) is 2. The molecule has 4 atom stereocenters. The van der Waals surface area contributed by atoms with Crippen LogP contribution in [-0.2, 0) is 23.9 Å². The van der Waals surface area contributed by atoms with Crippen LogP contribution in [0.15, 0.2) is 42.5 Å². The van der Waals surface area contributed by atoms with Crippen molar-refractivity contribution in [3.63, 3.8) is 0 Å². The zero-order valence-corrected chi connectivity index (χ0v) is 27.2. The number of carbonyl (C=O) groups is 2. The number of benzene rings is 2. The zero-order valence-electron chi connectivity index (χ0n) is 27.2. The first-order valence-electron chi connectivity index (χ1n) is 16.8. The maximum absolute atomic E-state index is 14.0. The second-order valence-electron chi connectivity index (χ2n) is 13.2. The van der Waals surface area contributed by atoms with E-state index >= 15 is 0 Å². The maximum atomic E-state index is 14.0. The fourth-order valence-electron chi connectivity index (χ4n) is 6.30. The standard InChI is InChI=1S/C34H46F3N5O7/c35-34(36,37)24-11-8-21(5-3-4-14-38-32(49)39-19-27(44)29(46)30(47)28(45)20-43)17-22(24)18-40-33(12-13-33)31(48)42-16-15-41(23-9-10-23)25-6-1-2-7-26(25)42/h1-2,6-8,11,17,23,27-30,40,43-47H,3-5,9-10,12-16,18-20H2,(H2,38,39,49)/t27-,28+,29+,30+/m0/s1. The number of hydrogen-bond acceptors (Lipinski definition) is 9. The molecule has 5 rings (SSSR count). The summed E-state index contributed by atoms with van der Waals surface area (Å²) in [6, 6.07) is 11.7. The Morgan fingerprint density at radius 2 is 1.61 bits per heavy atom. The lowest BCUT2D eigenvalue weighted by Gasteiger charge is -2.39. The maximum Gasteiger partial charge on any atom is 0.416 e. The van der Waals surface area contributed by atoms with Crippen LogP contribution >= 0.6 is 0 Å². The molecule has 2 aliphatic carbocycles. The molecule has 0 aromatic heterocycles. The van der Waals surface area contributed by atoms with E-state index in [4.69, 9.17) is 5.11 Å². The van der Waals surface area contributed by atoms with Gasteiger partial charge in [0.05, 0.1) is 35.2 Å². The Morgan fingerprint density at radius 1 is 0.918 bits per heavy atom. The van der Waals surface area contributed by atoms with Crippen LogP contribution < -0.4 is 25.8 Å². The molecule has 3 aliphatic rings. The highest BCUT2D eigenvalue weighted by atomic mass is 19.4. The molecule has 2 aromatic carbocycles. The number of hydrogen-bond donors (Lipinski definition) is 8. The van der Waals surface area contributed by atoms with Crippen molar-refractivity contribution in [3.05, 3.63) is 59.2 Å². The third-order valence-corrected chi connectivity index (χ3v) is 9.51. The van der Waals surface area contributed by atoms with Gasteiger partial charge in [0.15, 0.2) is 0 Å². The summed E-state index contributed by atoms with van der Waals surface area (Å²) in [5, 5.41) is 55.7. The van der Waals surface area contributed by atoms with Gasteiger partial charge in [0.25, 0.3) is 0 Å². The Hall–Kier alpha value is -3.47. The van der Waals surface area contributed by atoms with E-state index in [0.717, 1.165) is 36.8 Å². The molecule has 0 spiro atoms. The summed E-state index contributed by atoms with van der Waals surface area (Å²) in [5.41, 5.74) is 0.965. The summed E-state index contributed by atoms with van der Waals surface area (Å²) in [6.45, 7) is 0.118. The molecule has 49 heavy (non-hydrogen) atoms. The van der Waals surface area contributed by atoms with Crippen molar-refractivity contribution in [2.45, 2.75) is 93.7 Å². The van der Waals surface area contributed by atoms with E-state index in [1.54, 1.807) is 4.90 Å². The van der Waals surface area contributed by atoms with Gasteiger partial charge in [-0.2, -0.15) is 13.2 Å². The Balaban J connectivity index is 1.11. The number of para-hydroxylation sites is 2. The number of fused-ring (bicyclic) bond motifs is 1. The quantitative estimate of drug-likeness (QED) is 0.121. The van der Waals surface area contributed by atoms with E-state index in [9.17, 15) is 43.2 Å². The van der Waals surface area contributed by atoms with Gasteiger partial charge in [0.2, 0.25) is 5.91 Å². The highest BCUT2D eigenvalue weighted by Gasteiger charge is 2.53. The van der Waals surface area contributed by atoms with Gasteiger partial charge < -0.3 is 46.0 Å². The molecule has 270 valence electrons. The van der Waals surface area contributed by atoms with Crippen LogP contribution in [0.3, 0.4) is 0 Å². The average molecular weight is 694 g/mol. The monoisotopic (exact) mass is 693 g/mol. The number of unbranched alkanes of at least 4 members (excludes halogenated alkanes) is 1. The minimum absolute atomic E-state index is 0.0675. The van der Waals surface area contributed by atoms with Gasteiger partial charge in [-0.15, -0.1) is 0 Å². The second-order valence-corrected chi connectivity index (χ2v) is 13.2. The first-order chi connectivity index (χ1) is 23.3. The van der Waals surface area contributed by atoms with Crippen molar-refractivity contribution >= 4 is 23.3 Å². The number of aliphatic hydroxyl groups excluding tert-OH is 5. The largest absolute Gasteiger partial charge is 0.416 e. The summed E-state index contributed by atoms with van der Waals surface area (Å²) < 4.78 is 42.0. The number of aliphatic hydroxyl groups is 5. The van der Waals surface area contributed by atoms with E-state index < -0.39 is 60.9 Å². The number of nitrogens with one attached hydrogen (secondary N) is 3. The lowest BCUT2D eigenvalue weighted by atomic mass is 9.99. The highest BCUT2D eigenvalue weighted by molar-refractivity contribution is 6.05. The lowest BCUT2D eigenvalue weighted by molar-refractivity contribution is -0.138. The van der Waals surface area contributed by atoms with Crippen molar-refractivity contribution in [2.24, 2.45) is 0 Å². The van der Waals surface area contributed by atoms with Crippen molar-refractivity contribution in [1.29, 1.82) is 0 Å². The molecule has 1 heterocycles. The van der Waals surface area contributed by atoms with E-state index in [1.165, 1.54) is 12.1 Å². The molecule has 2 saturated carbocycles. The van der Waals surface area contributed by atoms with Gasteiger partial charge in [-0.05, 0) is 74.3 Å². The smallest absolute Gasteiger partial charge is 0.394 e. The molecule has 2 fully saturated rings. The van der Waals surface area contributed by atoms with Gasteiger partial charge >= 0.3 is 12.2 Å². The number of rotatable bonds is 16. The zero-order chi connectivity index (χ0) is 35.3. The normalized spacial score (nSPS) is 19.4. The van der Waals surface area contributed by atoms with E-state index in [1.807, 2.05) is 24.3 Å². The average Bonchev–Trinajstić information content (AvgIpc) is 4.03. The molecule has 0 unspecified atom stereocenters. The van der Waals surface area contributed by atoms with E-state index in [0.29, 0.717) is 50.3 Å². The number of aryl methyl sites for hydroxylation is 1. The van der Waals surface area contributed by atoms with Crippen molar-refractivity contribution in [2.75, 3.05) is 42.6 Å². The second kappa shape index (κ2) is 15.6. The van der Waals surface area contributed by atoms with Crippen molar-refractivity contribution in [3.8, 4) is 0 Å². The first kappa shape index (κ1) is 36.8. The number of urea groups is 1. The van der Waals surface area contributed by atoms with Crippen molar-refractivity contribution < 1.29 is 48.3 Å². The molecule has 8 N–H and O–H groups in total. The van der Waals surface area contributed by atoms with Gasteiger partial charge in [-0.3, -0.25) is 10.1 Å². The van der Waals surface area contributed by atoms with Gasteiger partial charge in [0, 0.05) is 38.8 Å². The third kappa shape index (κ3) is 9.01. The Bertz CT molecular complexity index is 1460. The molecule has 15 heteroatoms. The van der Waals surface area contributed by atoms with Gasteiger partial charge in [-0.25, -0.2) is 4.79 Å². The Labute approximate surface area is 282 Å². The molecule has 0 radical (unpaired) electrons.